The number of pyridine rings is 1. The zero-order chi connectivity index (χ0) is 20.1. The third kappa shape index (κ3) is 4.72. The minimum atomic E-state index is -4.64. The second-order valence-electron chi connectivity index (χ2n) is 6.36. The summed E-state index contributed by atoms with van der Waals surface area (Å²) in [7, 11) is 0. The quantitative estimate of drug-likeness (QED) is 0.814. The summed E-state index contributed by atoms with van der Waals surface area (Å²) < 4.78 is 43.7. The second-order valence-corrected chi connectivity index (χ2v) is 6.36. The molecule has 1 amide bonds. The fourth-order valence-corrected chi connectivity index (χ4v) is 3.06. The molecule has 2 heterocycles. The third-order valence-corrected chi connectivity index (χ3v) is 4.50. The Kier molecular flexibility index (Phi) is 6.03. The Hall–Kier alpha value is -2.81. The molecule has 9 heteroatoms. The number of para-hydroxylation sites is 1. The molecule has 0 aliphatic carbocycles. The minimum Gasteiger partial charge on any atom is -0.378 e. The van der Waals surface area contributed by atoms with Crippen LogP contribution >= 0.6 is 0 Å². The smallest absolute Gasteiger partial charge is 0.378 e. The second kappa shape index (κ2) is 8.47. The van der Waals surface area contributed by atoms with Gasteiger partial charge in [0.1, 0.15) is 5.56 Å². The molecule has 0 saturated carbocycles. The summed E-state index contributed by atoms with van der Waals surface area (Å²) in [6, 6.07) is 8.30. The number of carbonyl (C=O) groups is 1. The molecule has 0 unspecified atom stereocenters. The van der Waals surface area contributed by atoms with Gasteiger partial charge in [0.2, 0.25) is 0 Å². The number of benzene rings is 1. The zero-order valence-electron chi connectivity index (χ0n) is 15.0. The van der Waals surface area contributed by atoms with Crippen molar-refractivity contribution in [3.63, 3.8) is 0 Å². The normalized spacial score (nSPS) is 14.8. The number of rotatable bonds is 5. The lowest BCUT2D eigenvalue weighted by Crippen LogP contribution is -2.37. The summed E-state index contributed by atoms with van der Waals surface area (Å²) in [5.41, 5.74) is -0.454. The highest BCUT2D eigenvalue weighted by Gasteiger charge is 2.32. The van der Waals surface area contributed by atoms with Crippen LogP contribution < -0.4 is 15.8 Å². The van der Waals surface area contributed by atoms with Gasteiger partial charge in [-0.1, -0.05) is 18.2 Å². The number of nitrogens with zero attached hydrogens (tertiary/aromatic N) is 1. The molecule has 0 atom stereocenters. The number of H-pyrrole nitrogens is 1. The van der Waals surface area contributed by atoms with E-state index in [0.29, 0.717) is 31.9 Å². The largest absolute Gasteiger partial charge is 0.417 e. The fraction of sp³-hybridized carbons (Fsp3) is 0.368. The number of amides is 1. The number of halogens is 3. The number of aromatic amines is 1. The van der Waals surface area contributed by atoms with Crippen LogP contribution in [0.1, 0.15) is 21.5 Å². The van der Waals surface area contributed by atoms with Gasteiger partial charge in [0, 0.05) is 31.5 Å². The highest BCUT2D eigenvalue weighted by molar-refractivity contribution is 5.94. The van der Waals surface area contributed by atoms with Crippen LogP contribution in [0.3, 0.4) is 0 Å². The highest BCUT2D eigenvalue weighted by atomic mass is 19.4. The molecule has 1 aromatic heterocycles. The van der Waals surface area contributed by atoms with E-state index in [-0.39, 0.29) is 6.54 Å². The van der Waals surface area contributed by atoms with Gasteiger partial charge in [0.15, 0.2) is 0 Å². The highest BCUT2D eigenvalue weighted by Crippen LogP contribution is 2.28. The number of aromatic nitrogens is 1. The van der Waals surface area contributed by atoms with E-state index in [0.717, 1.165) is 24.3 Å². The van der Waals surface area contributed by atoms with E-state index >= 15 is 0 Å². The number of hydrogen-bond donors (Lipinski definition) is 2. The van der Waals surface area contributed by atoms with Gasteiger partial charge >= 0.3 is 6.18 Å². The maximum atomic E-state index is 12.8. The van der Waals surface area contributed by atoms with E-state index in [2.05, 4.69) is 10.2 Å². The van der Waals surface area contributed by atoms with Crippen molar-refractivity contribution in [2.45, 2.75) is 12.6 Å². The number of alkyl halides is 3. The lowest BCUT2D eigenvalue weighted by molar-refractivity contribution is -0.137. The molecular formula is C19H20F3N3O3. The molecule has 1 saturated heterocycles. The van der Waals surface area contributed by atoms with Crippen molar-refractivity contribution < 1.29 is 22.7 Å². The van der Waals surface area contributed by atoms with Gasteiger partial charge in [0.25, 0.3) is 11.5 Å². The van der Waals surface area contributed by atoms with Crippen LogP contribution in [0.15, 0.2) is 41.3 Å². The first-order valence-corrected chi connectivity index (χ1v) is 8.85. The number of morpholine rings is 1. The summed E-state index contributed by atoms with van der Waals surface area (Å²) in [6.45, 7) is 3.01. The summed E-state index contributed by atoms with van der Waals surface area (Å²) in [5.74, 6) is -0.837. The average Bonchev–Trinajstić information content (AvgIpc) is 2.68. The molecular weight excluding hydrogens is 375 g/mol. The first-order valence-electron chi connectivity index (χ1n) is 8.85. The van der Waals surface area contributed by atoms with Crippen LogP contribution in [0, 0.1) is 0 Å². The van der Waals surface area contributed by atoms with E-state index in [1.807, 2.05) is 29.2 Å². The molecule has 2 N–H and O–H groups in total. The Labute approximate surface area is 159 Å². The molecule has 0 radical (unpaired) electrons. The van der Waals surface area contributed by atoms with Crippen molar-refractivity contribution in [3.05, 3.63) is 63.6 Å². The van der Waals surface area contributed by atoms with Crippen molar-refractivity contribution in [3.8, 4) is 0 Å². The van der Waals surface area contributed by atoms with E-state index in [1.54, 1.807) is 0 Å². The summed E-state index contributed by atoms with van der Waals surface area (Å²) >= 11 is 0. The first-order chi connectivity index (χ1) is 13.4. The molecule has 1 aromatic carbocycles. The maximum absolute atomic E-state index is 12.8. The van der Waals surface area contributed by atoms with Crippen molar-refractivity contribution in [1.82, 2.24) is 10.3 Å². The lowest BCUT2D eigenvalue weighted by atomic mass is 10.1. The molecule has 0 bridgehead atoms. The Morgan fingerprint density at radius 2 is 1.93 bits per heavy atom. The van der Waals surface area contributed by atoms with Gasteiger partial charge in [-0.2, -0.15) is 13.2 Å². The Bertz CT molecular complexity index is 890. The molecule has 6 nitrogen and oxygen atoms in total. The monoisotopic (exact) mass is 395 g/mol. The number of anilines is 1. The molecule has 0 spiro atoms. The van der Waals surface area contributed by atoms with Crippen molar-refractivity contribution in [2.75, 3.05) is 37.7 Å². The summed E-state index contributed by atoms with van der Waals surface area (Å²) in [6.07, 6.45) is -3.61. The Morgan fingerprint density at radius 3 is 2.64 bits per heavy atom. The molecule has 28 heavy (non-hydrogen) atoms. The third-order valence-electron chi connectivity index (χ3n) is 4.50. The molecule has 1 aliphatic rings. The summed E-state index contributed by atoms with van der Waals surface area (Å²) in [4.78, 5) is 28.1. The number of nitrogens with one attached hydrogen (secondary N) is 2. The number of carbonyl (C=O) groups excluding carboxylic acids is 1. The average molecular weight is 395 g/mol. The molecule has 1 aliphatic heterocycles. The van der Waals surface area contributed by atoms with E-state index < -0.39 is 28.8 Å². The van der Waals surface area contributed by atoms with E-state index in [9.17, 15) is 22.8 Å². The SMILES string of the molecule is O=C(NCCc1ccccc1N1CCOCC1)c1cc(C(F)(F)F)c[nH]c1=O. The van der Waals surface area contributed by atoms with Crippen LogP contribution in [0.5, 0.6) is 0 Å². The zero-order valence-corrected chi connectivity index (χ0v) is 15.0. The Morgan fingerprint density at radius 1 is 1.21 bits per heavy atom. The molecule has 3 rings (SSSR count). The first kappa shape index (κ1) is 19.9. The van der Waals surface area contributed by atoms with Crippen LogP contribution in [0.2, 0.25) is 0 Å². The van der Waals surface area contributed by atoms with Gasteiger partial charge in [-0.15, -0.1) is 0 Å². The minimum absolute atomic E-state index is 0.190. The van der Waals surface area contributed by atoms with E-state index in [1.165, 1.54) is 0 Å². The topological polar surface area (TPSA) is 74.4 Å². The van der Waals surface area contributed by atoms with Crippen LogP contribution in [0.4, 0.5) is 18.9 Å². The van der Waals surface area contributed by atoms with Crippen molar-refractivity contribution in [2.24, 2.45) is 0 Å². The molecule has 150 valence electrons. The predicted octanol–water partition coefficient (Wildman–Crippen LogP) is 2.20. The predicted molar refractivity (Wildman–Crippen MR) is 97.6 cm³/mol. The molecule has 2 aromatic rings. The maximum Gasteiger partial charge on any atom is 0.417 e. The van der Waals surface area contributed by atoms with Crippen molar-refractivity contribution >= 4 is 11.6 Å². The molecule has 1 fully saturated rings. The van der Waals surface area contributed by atoms with Gasteiger partial charge in [-0.05, 0) is 24.1 Å². The van der Waals surface area contributed by atoms with Gasteiger partial charge in [0.05, 0.1) is 18.8 Å². The van der Waals surface area contributed by atoms with Gasteiger partial charge in [-0.25, -0.2) is 0 Å². The standard InChI is InChI=1S/C19H20F3N3O3/c20-19(21,22)14-11-15(18(27)24-12-14)17(26)23-6-5-13-3-1-2-4-16(13)25-7-9-28-10-8-25/h1-4,11-12H,5-10H2,(H,23,26)(H,24,27). The van der Waals surface area contributed by atoms with Crippen LogP contribution in [0.25, 0.3) is 0 Å². The van der Waals surface area contributed by atoms with E-state index in [4.69, 9.17) is 4.74 Å². The lowest BCUT2D eigenvalue weighted by Gasteiger charge is -2.30. The fourth-order valence-electron chi connectivity index (χ4n) is 3.06. The van der Waals surface area contributed by atoms with Gasteiger partial charge < -0.3 is 19.9 Å². The van der Waals surface area contributed by atoms with Crippen LogP contribution in [-0.2, 0) is 17.3 Å². The number of hydrogen-bond acceptors (Lipinski definition) is 4. The van der Waals surface area contributed by atoms with Crippen molar-refractivity contribution in [1.29, 1.82) is 0 Å². The Balaban J connectivity index is 1.66. The summed E-state index contributed by atoms with van der Waals surface area (Å²) in [5, 5.41) is 2.53. The van der Waals surface area contributed by atoms with Crippen LogP contribution in [-0.4, -0.2) is 43.7 Å². The van der Waals surface area contributed by atoms with Gasteiger partial charge in [-0.3, -0.25) is 9.59 Å². The number of ether oxygens (including phenoxy) is 1.